The van der Waals surface area contributed by atoms with Crippen molar-refractivity contribution in [2.24, 2.45) is 0 Å². The fraction of sp³-hybridized carbons (Fsp3) is 0.368. The molecule has 0 amide bonds. The highest BCUT2D eigenvalue weighted by Gasteiger charge is 2.14. The summed E-state index contributed by atoms with van der Waals surface area (Å²) in [5, 5.41) is 13.6. The van der Waals surface area contributed by atoms with Gasteiger partial charge in [0.05, 0.1) is 20.3 Å². The third-order valence-electron chi connectivity index (χ3n) is 3.88. The lowest BCUT2D eigenvalue weighted by Crippen LogP contribution is -2.30. The van der Waals surface area contributed by atoms with Gasteiger partial charge in [-0.2, -0.15) is 0 Å². The summed E-state index contributed by atoms with van der Waals surface area (Å²) in [5.74, 6) is 1.55. The second-order valence-corrected chi connectivity index (χ2v) is 5.58. The Hall–Kier alpha value is -2.04. The highest BCUT2D eigenvalue weighted by atomic mass is 16.5. The number of rotatable bonds is 8. The molecule has 4 nitrogen and oxygen atoms in total. The minimum atomic E-state index is -0.427. The molecule has 0 heterocycles. The molecule has 4 heteroatoms. The van der Waals surface area contributed by atoms with Crippen molar-refractivity contribution >= 4 is 0 Å². The van der Waals surface area contributed by atoms with Gasteiger partial charge in [-0.15, -0.1) is 0 Å². The summed E-state index contributed by atoms with van der Waals surface area (Å²) < 4.78 is 10.6. The summed E-state index contributed by atoms with van der Waals surface area (Å²) in [7, 11) is 3.28. The number of aliphatic hydroxyl groups excluding tert-OH is 1. The largest absolute Gasteiger partial charge is 0.497 e. The molecule has 2 N–H and O–H groups in total. The molecule has 2 aromatic carbocycles. The molecule has 0 spiro atoms. The van der Waals surface area contributed by atoms with Crippen molar-refractivity contribution in [3.63, 3.8) is 0 Å². The molecule has 0 aliphatic rings. The maximum Gasteiger partial charge on any atom is 0.127 e. The average Bonchev–Trinajstić information content (AvgIpc) is 2.60. The molecule has 0 radical (unpaired) electrons. The van der Waals surface area contributed by atoms with E-state index in [4.69, 9.17) is 9.47 Å². The molecule has 0 bridgehead atoms. The molecule has 124 valence electrons. The smallest absolute Gasteiger partial charge is 0.127 e. The lowest BCUT2D eigenvalue weighted by molar-refractivity contribution is 0.168. The Bertz CT molecular complexity index is 601. The van der Waals surface area contributed by atoms with E-state index in [1.54, 1.807) is 14.2 Å². The van der Waals surface area contributed by atoms with E-state index in [0.717, 1.165) is 22.6 Å². The molecule has 2 atom stereocenters. The quantitative estimate of drug-likeness (QED) is 0.786. The van der Waals surface area contributed by atoms with Crippen molar-refractivity contribution in [3.8, 4) is 11.5 Å². The Morgan fingerprint density at radius 1 is 1.04 bits per heavy atom. The van der Waals surface area contributed by atoms with Crippen molar-refractivity contribution in [1.29, 1.82) is 0 Å². The third kappa shape index (κ3) is 4.98. The first kappa shape index (κ1) is 17.3. The van der Waals surface area contributed by atoms with Crippen LogP contribution in [0, 0.1) is 0 Å². The molecule has 0 aliphatic carbocycles. The molecule has 2 aromatic rings. The first-order valence-electron chi connectivity index (χ1n) is 7.81. The molecule has 0 saturated heterocycles. The average molecular weight is 315 g/mol. The van der Waals surface area contributed by atoms with Gasteiger partial charge < -0.3 is 19.9 Å². The van der Waals surface area contributed by atoms with E-state index in [-0.39, 0.29) is 6.04 Å². The van der Waals surface area contributed by atoms with Gasteiger partial charge in [0.2, 0.25) is 0 Å². The van der Waals surface area contributed by atoms with Crippen LogP contribution < -0.4 is 14.8 Å². The highest BCUT2D eigenvalue weighted by Crippen LogP contribution is 2.29. The molecule has 2 rings (SSSR count). The Balaban J connectivity index is 1.92. The molecule has 23 heavy (non-hydrogen) atoms. The van der Waals surface area contributed by atoms with Crippen molar-refractivity contribution in [2.75, 3.05) is 20.8 Å². The van der Waals surface area contributed by atoms with E-state index in [0.29, 0.717) is 13.0 Å². The molecule has 0 saturated carbocycles. The van der Waals surface area contributed by atoms with E-state index >= 15 is 0 Å². The van der Waals surface area contributed by atoms with E-state index in [1.807, 2.05) is 48.5 Å². The van der Waals surface area contributed by atoms with Gasteiger partial charge in [0.1, 0.15) is 11.5 Å². The maximum atomic E-state index is 10.2. The Kier molecular flexibility index (Phi) is 6.44. The van der Waals surface area contributed by atoms with Gasteiger partial charge in [-0.3, -0.25) is 0 Å². The van der Waals surface area contributed by atoms with Gasteiger partial charge in [0, 0.05) is 24.2 Å². The lowest BCUT2D eigenvalue weighted by Gasteiger charge is -2.20. The van der Waals surface area contributed by atoms with Crippen molar-refractivity contribution in [3.05, 3.63) is 59.7 Å². The molecule has 0 fully saturated rings. The summed E-state index contributed by atoms with van der Waals surface area (Å²) in [4.78, 5) is 0. The number of ether oxygens (including phenoxy) is 2. The molecular weight excluding hydrogens is 290 g/mol. The molecular formula is C19H25NO3. The van der Waals surface area contributed by atoms with Gasteiger partial charge in [0.15, 0.2) is 0 Å². The van der Waals surface area contributed by atoms with Crippen LogP contribution in [0.15, 0.2) is 48.5 Å². The summed E-state index contributed by atoms with van der Waals surface area (Å²) in [5.41, 5.74) is 2.18. The van der Waals surface area contributed by atoms with Crippen molar-refractivity contribution in [2.45, 2.75) is 25.5 Å². The van der Waals surface area contributed by atoms with Gasteiger partial charge >= 0.3 is 0 Å². The summed E-state index contributed by atoms with van der Waals surface area (Å²) in [6.07, 6.45) is 0.212. The fourth-order valence-electron chi connectivity index (χ4n) is 2.56. The Labute approximate surface area is 138 Å². The number of hydrogen-bond donors (Lipinski definition) is 2. The number of benzene rings is 2. The van der Waals surface area contributed by atoms with Gasteiger partial charge in [-0.1, -0.05) is 36.4 Å². The number of aliphatic hydroxyl groups is 1. The fourth-order valence-corrected chi connectivity index (χ4v) is 2.56. The predicted octanol–water partition coefficient (Wildman–Crippen LogP) is 2.96. The van der Waals surface area contributed by atoms with Crippen molar-refractivity contribution < 1.29 is 14.6 Å². The van der Waals surface area contributed by atoms with Gasteiger partial charge in [-0.25, -0.2) is 0 Å². The van der Waals surface area contributed by atoms with Gasteiger partial charge in [0.25, 0.3) is 0 Å². The first-order valence-corrected chi connectivity index (χ1v) is 7.81. The van der Waals surface area contributed by atoms with Crippen LogP contribution in [0.5, 0.6) is 11.5 Å². The lowest BCUT2D eigenvalue weighted by atomic mass is 10.1. The third-order valence-corrected chi connectivity index (χ3v) is 3.88. The predicted molar refractivity (Wildman–Crippen MR) is 92.1 cm³/mol. The number of nitrogens with one attached hydrogen (secondary N) is 1. The summed E-state index contributed by atoms with van der Waals surface area (Å²) in [6.45, 7) is 2.57. The first-order chi connectivity index (χ1) is 11.1. The van der Waals surface area contributed by atoms with Gasteiger partial charge in [-0.05, 0) is 25.0 Å². The maximum absolute atomic E-state index is 10.2. The number of methoxy groups -OCH3 is 2. The van der Waals surface area contributed by atoms with Crippen LogP contribution >= 0.6 is 0 Å². The monoisotopic (exact) mass is 315 g/mol. The van der Waals surface area contributed by atoms with Crippen LogP contribution in [0.3, 0.4) is 0 Å². The van der Waals surface area contributed by atoms with Crippen molar-refractivity contribution in [1.82, 2.24) is 5.32 Å². The van der Waals surface area contributed by atoms with Crippen LogP contribution in [0.2, 0.25) is 0 Å². The van der Waals surface area contributed by atoms with Crippen LogP contribution in [0.25, 0.3) is 0 Å². The normalized spacial score (nSPS) is 13.4. The second kappa shape index (κ2) is 8.56. The van der Waals surface area contributed by atoms with E-state index < -0.39 is 6.10 Å². The standard InChI is InChI=1S/C19H25NO3/c1-14(18-10-9-17(22-2)12-19(18)23-3)20-13-16(21)11-15-7-5-4-6-8-15/h4-10,12,14,16,20-21H,11,13H2,1-3H3. The zero-order valence-corrected chi connectivity index (χ0v) is 14.0. The van der Waals surface area contributed by atoms with E-state index in [1.165, 1.54) is 0 Å². The molecule has 0 aromatic heterocycles. The Morgan fingerprint density at radius 3 is 2.43 bits per heavy atom. The topological polar surface area (TPSA) is 50.7 Å². The van der Waals surface area contributed by atoms with E-state index in [2.05, 4.69) is 12.2 Å². The zero-order chi connectivity index (χ0) is 16.7. The zero-order valence-electron chi connectivity index (χ0n) is 14.0. The van der Waals surface area contributed by atoms with E-state index in [9.17, 15) is 5.11 Å². The minimum Gasteiger partial charge on any atom is -0.497 e. The summed E-state index contributed by atoms with van der Waals surface area (Å²) >= 11 is 0. The van der Waals surface area contributed by atoms with Crippen LogP contribution in [0.4, 0.5) is 0 Å². The van der Waals surface area contributed by atoms with Crippen LogP contribution in [0.1, 0.15) is 24.1 Å². The SMILES string of the molecule is COc1ccc(C(C)NCC(O)Cc2ccccc2)c(OC)c1. The molecule has 2 unspecified atom stereocenters. The summed E-state index contributed by atoms with van der Waals surface area (Å²) in [6, 6.07) is 15.8. The second-order valence-electron chi connectivity index (χ2n) is 5.58. The Morgan fingerprint density at radius 2 is 1.78 bits per heavy atom. The highest BCUT2D eigenvalue weighted by molar-refractivity contribution is 5.42. The molecule has 0 aliphatic heterocycles. The van der Waals surface area contributed by atoms with Crippen LogP contribution in [-0.2, 0) is 6.42 Å². The number of hydrogen-bond acceptors (Lipinski definition) is 4. The van der Waals surface area contributed by atoms with Crippen LogP contribution in [-0.4, -0.2) is 32.0 Å². The minimum absolute atomic E-state index is 0.0706.